The normalized spacial score (nSPS) is 11.9. The lowest BCUT2D eigenvalue weighted by atomic mass is 10.4. The van der Waals surface area contributed by atoms with Gasteiger partial charge in [-0.1, -0.05) is 6.92 Å². The molecular weight excluding hydrogens is 230 g/mol. The van der Waals surface area contributed by atoms with Crippen molar-refractivity contribution < 1.29 is 13.2 Å². The zero-order valence-corrected chi connectivity index (χ0v) is 10.7. The molecule has 3 N–H and O–H groups in total. The molecule has 0 saturated heterocycles. The Morgan fingerprint density at radius 3 is 2.50 bits per heavy atom. The molecule has 0 atom stereocenters. The molecule has 0 radical (unpaired) electrons. The molecule has 0 rings (SSSR count). The Balaban J connectivity index is 4.43. The second-order valence-corrected chi connectivity index (χ2v) is 5.46. The number of sulfonamides is 1. The number of nitrogens with zero attached hydrogens (tertiary/aromatic N) is 1. The molecule has 0 bridgehead atoms. The Kier molecular flexibility index (Phi) is 7.27. The van der Waals surface area contributed by atoms with Crippen LogP contribution in [0.25, 0.3) is 0 Å². The second-order valence-electron chi connectivity index (χ2n) is 3.37. The van der Waals surface area contributed by atoms with Gasteiger partial charge >= 0.3 is 0 Å². The van der Waals surface area contributed by atoms with Crippen LogP contribution in [0.15, 0.2) is 0 Å². The topological polar surface area (TPSA) is 96.5 Å². The van der Waals surface area contributed by atoms with Crippen LogP contribution in [-0.4, -0.2) is 50.6 Å². The van der Waals surface area contributed by atoms with E-state index in [1.54, 1.807) is 0 Å². The molecule has 96 valence electrons. The van der Waals surface area contributed by atoms with Crippen LogP contribution in [0.1, 0.15) is 20.3 Å². The maximum atomic E-state index is 11.8. The van der Waals surface area contributed by atoms with Gasteiger partial charge in [-0.05, 0) is 13.3 Å². The Bertz CT molecular complexity index is 303. The minimum Gasteiger partial charge on any atom is -0.387 e. The summed E-state index contributed by atoms with van der Waals surface area (Å²) >= 11 is 0. The minimum atomic E-state index is -3.36. The van der Waals surface area contributed by atoms with Crippen LogP contribution in [0.4, 0.5) is 0 Å². The summed E-state index contributed by atoms with van der Waals surface area (Å²) in [5.41, 5.74) is 5.22. The number of nitrogens with one attached hydrogen (secondary N) is 1. The first-order valence-electron chi connectivity index (χ1n) is 5.32. The molecule has 0 spiro atoms. The van der Waals surface area contributed by atoms with Gasteiger partial charge in [0.25, 0.3) is 0 Å². The third-order valence-corrected chi connectivity index (χ3v) is 3.68. The van der Waals surface area contributed by atoms with E-state index >= 15 is 0 Å². The highest BCUT2D eigenvalue weighted by atomic mass is 32.2. The van der Waals surface area contributed by atoms with Crippen molar-refractivity contribution in [3.8, 4) is 0 Å². The fraction of sp³-hybridized carbons (Fsp3) is 0.889. The van der Waals surface area contributed by atoms with Crippen molar-refractivity contribution in [1.82, 2.24) is 4.31 Å². The van der Waals surface area contributed by atoms with Crippen LogP contribution in [0.2, 0.25) is 0 Å². The highest BCUT2D eigenvalue weighted by Crippen LogP contribution is 2.02. The molecule has 16 heavy (non-hydrogen) atoms. The van der Waals surface area contributed by atoms with E-state index in [1.165, 1.54) is 4.31 Å². The van der Waals surface area contributed by atoms with Crippen LogP contribution in [0.5, 0.6) is 0 Å². The molecule has 0 saturated carbocycles. The molecule has 0 fully saturated rings. The molecule has 0 aliphatic heterocycles. The fourth-order valence-electron chi connectivity index (χ4n) is 1.19. The van der Waals surface area contributed by atoms with Crippen molar-refractivity contribution in [2.24, 2.45) is 5.73 Å². The van der Waals surface area contributed by atoms with Gasteiger partial charge in [0.15, 0.2) is 0 Å². The van der Waals surface area contributed by atoms with Gasteiger partial charge in [-0.15, -0.1) is 0 Å². The van der Waals surface area contributed by atoms with Crippen LogP contribution in [-0.2, 0) is 14.8 Å². The third-order valence-electron chi connectivity index (χ3n) is 1.90. The van der Waals surface area contributed by atoms with Gasteiger partial charge in [-0.3, -0.25) is 5.41 Å². The van der Waals surface area contributed by atoms with Crippen molar-refractivity contribution in [2.45, 2.75) is 20.3 Å². The highest BCUT2D eigenvalue weighted by Gasteiger charge is 2.21. The molecule has 0 aromatic carbocycles. The van der Waals surface area contributed by atoms with E-state index in [0.717, 1.165) is 0 Å². The third kappa shape index (κ3) is 6.04. The summed E-state index contributed by atoms with van der Waals surface area (Å²) in [6.07, 6.45) is 0.696. The van der Waals surface area contributed by atoms with Gasteiger partial charge in [0.2, 0.25) is 10.0 Å². The Hall–Kier alpha value is -0.660. The number of hydrogen-bond donors (Lipinski definition) is 2. The van der Waals surface area contributed by atoms with Crippen LogP contribution >= 0.6 is 0 Å². The lowest BCUT2D eigenvalue weighted by molar-refractivity contribution is 0.162. The van der Waals surface area contributed by atoms with E-state index in [0.29, 0.717) is 19.6 Å². The molecule has 0 aliphatic rings. The summed E-state index contributed by atoms with van der Waals surface area (Å²) in [4.78, 5) is 0. The largest absolute Gasteiger partial charge is 0.387 e. The number of ether oxygens (including phenoxy) is 1. The average Bonchev–Trinajstić information content (AvgIpc) is 2.16. The molecule has 0 heterocycles. The first kappa shape index (κ1) is 15.3. The molecule has 0 aromatic rings. The molecule has 0 aliphatic carbocycles. The minimum absolute atomic E-state index is 0.0394. The summed E-state index contributed by atoms with van der Waals surface area (Å²) in [6, 6.07) is 0. The van der Waals surface area contributed by atoms with Gasteiger partial charge in [0.05, 0.1) is 18.9 Å². The van der Waals surface area contributed by atoms with Crippen LogP contribution in [0.3, 0.4) is 0 Å². The average molecular weight is 251 g/mol. The SMILES string of the molecule is CCCN(CC(=N)N)S(=O)(=O)CCOCC. The fourth-order valence-corrected chi connectivity index (χ4v) is 2.58. The van der Waals surface area contributed by atoms with Crippen molar-refractivity contribution in [3.63, 3.8) is 0 Å². The van der Waals surface area contributed by atoms with E-state index in [2.05, 4.69) is 0 Å². The maximum Gasteiger partial charge on any atom is 0.216 e. The predicted octanol–water partition coefficient (Wildman–Crippen LogP) is 0.000670. The summed E-state index contributed by atoms with van der Waals surface area (Å²) in [6.45, 7) is 4.71. The molecule has 0 amide bonds. The van der Waals surface area contributed by atoms with E-state index in [4.69, 9.17) is 15.9 Å². The number of nitrogens with two attached hydrogens (primary N) is 1. The maximum absolute atomic E-state index is 11.8. The van der Waals surface area contributed by atoms with Gasteiger partial charge in [0.1, 0.15) is 5.84 Å². The highest BCUT2D eigenvalue weighted by molar-refractivity contribution is 7.89. The predicted molar refractivity (Wildman–Crippen MR) is 64.1 cm³/mol. The van der Waals surface area contributed by atoms with Crippen LogP contribution in [0, 0.1) is 5.41 Å². The van der Waals surface area contributed by atoms with Crippen molar-refractivity contribution in [3.05, 3.63) is 0 Å². The van der Waals surface area contributed by atoms with Crippen molar-refractivity contribution in [2.75, 3.05) is 32.1 Å². The Morgan fingerprint density at radius 2 is 2.06 bits per heavy atom. The standard InChI is InChI=1S/C9H21N3O3S/c1-3-5-12(8-9(10)11)16(13,14)7-6-15-4-2/h3-8H2,1-2H3,(H3,10,11). The molecular formula is C9H21N3O3S. The van der Waals surface area contributed by atoms with Gasteiger partial charge in [-0.25, -0.2) is 8.42 Å². The smallest absolute Gasteiger partial charge is 0.216 e. The van der Waals surface area contributed by atoms with E-state index in [-0.39, 0.29) is 24.7 Å². The number of amidine groups is 1. The first-order valence-corrected chi connectivity index (χ1v) is 6.93. The summed E-state index contributed by atoms with van der Waals surface area (Å²) in [7, 11) is -3.36. The summed E-state index contributed by atoms with van der Waals surface area (Å²) < 4.78 is 29.9. The van der Waals surface area contributed by atoms with Gasteiger partial charge in [0, 0.05) is 13.2 Å². The lowest BCUT2D eigenvalue weighted by Crippen LogP contribution is -2.40. The lowest BCUT2D eigenvalue weighted by Gasteiger charge is -2.20. The molecule has 7 heteroatoms. The van der Waals surface area contributed by atoms with Crippen molar-refractivity contribution in [1.29, 1.82) is 5.41 Å². The summed E-state index contributed by atoms with van der Waals surface area (Å²) in [5.74, 6) is -0.206. The number of rotatable bonds is 9. The van der Waals surface area contributed by atoms with Gasteiger partial charge < -0.3 is 10.5 Å². The zero-order chi connectivity index (χ0) is 12.6. The zero-order valence-electron chi connectivity index (χ0n) is 9.90. The quantitative estimate of drug-likeness (QED) is 0.342. The van der Waals surface area contributed by atoms with E-state index in [1.807, 2.05) is 13.8 Å². The molecule has 6 nitrogen and oxygen atoms in total. The van der Waals surface area contributed by atoms with E-state index < -0.39 is 10.0 Å². The number of hydrogen-bond acceptors (Lipinski definition) is 4. The second kappa shape index (κ2) is 7.59. The molecule has 0 aromatic heterocycles. The van der Waals surface area contributed by atoms with E-state index in [9.17, 15) is 8.42 Å². The van der Waals surface area contributed by atoms with Crippen molar-refractivity contribution >= 4 is 15.9 Å². The van der Waals surface area contributed by atoms with Crippen LogP contribution < -0.4 is 5.73 Å². The Morgan fingerprint density at radius 1 is 1.44 bits per heavy atom. The molecule has 0 unspecified atom stereocenters. The summed E-state index contributed by atoms with van der Waals surface area (Å²) in [5, 5.41) is 7.14. The first-order chi connectivity index (χ1) is 7.44. The monoisotopic (exact) mass is 251 g/mol. The Labute approximate surface area is 97.3 Å². The van der Waals surface area contributed by atoms with Gasteiger partial charge in [-0.2, -0.15) is 4.31 Å².